The zero-order valence-electron chi connectivity index (χ0n) is 10.4. The van der Waals surface area contributed by atoms with Crippen LogP contribution in [0, 0.1) is 36.0 Å². The van der Waals surface area contributed by atoms with Crippen molar-refractivity contribution in [2.45, 2.75) is 19.9 Å². The molecular weight excluding hydrogens is 299 g/mol. The Morgan fingerprint density at radius 2 is 1.50 bits per heavy atom. The van der Waals surface area contributed by atoms with Gasteiger partial charge in [0.1, 0.15) is 10.7 Å². The van der Waals surface area contributed by atoms with Crippen molar-refractivity contribution in [2.75, 3.05) is 5.32 Å². The summed E-state index contributed by atoms with van der Waals surface area (Å²) in [4.78, 5) is 4.08. The van der Waals surface area contributed by atoms with Gasteiger partial charge in [-0.1, -0.05) is 0 Å². The minimum absolute atomic E-state index is 0.478. The Balaban J connectivity index is 2.39. The number of hydrogen-bond acceptors (Lipinski definition) is 3. The summed E-state index contributed by atoms with van der Waals surface area (Å²) in [7, 11) is 0. The average Bonchev–Trinajstić information content (AvgIpc) is 2.85. The first kappa shape index (κ1) is 14.7. The predicted molar refractivity (Wildman–Crippen MR) is 65.1 cm³/mol. The number of aromatic nitrogens is 1. The second-order valence-electron chi connectivity index (χ2n) is 4.14. The molecule has 0 amide bonds. The van der Waals surface area contributed by atoms with Crippen LogP contribution in [0.3, 0.4) is 0 Å². The number of rotatable bonds is 3. The highest BCUT2D eigenvalue weighted by atomic mass is 32.1. The van der Waals surface area contributed by atoms with Crippen molar-refractivity contribution in [1.82, 2.24) is 4.98 Å². The van der Waals surface area contributed by atoms with Crippen LogP contribution in [0.2, 0.25) is 0 Å². The molecule has 20 heavy (non-hydrogen) atoms. The normalized spacial score (nSPS) is 12.6. The van der Waals surface area contributed by atoms with Crippen LogP contribution in [0.1, 0.15) is 23.7 Å². The summed E-state index contributed by atoms with van der Waals surface area (Å²) in [6.45, 7) is 3.24. The van der Waals surface area contributed by atoms with Crippen LogP contribution < -0.4 is 5.32 Å². The van der Waals surface area contributed by atoms with Crippen LogP contribution in [0.15, 0.2) is 5.38 Å². The van der Waals surface area contributed by atoms with Crippen LogP contribution in [0.5, 0.6) is 0 Å². The van der Waals surface area contributed by atoms with E-state index in [0.29, 0.717) is 10.7 Å². The van der Waals surface area contributed by atoms with Gasteiger partial charge in [0.05, 0.1) is 6.04 Å². The summed E-state index contributed by atoms with van der Waals surface area (Å²) in [6.07, 6.45) is 0. The number of thiazole rings is 1. The molecule has 0 spiro atoms. The Morgan fingerprint density at radius 1 is 1.00 bits per heavy atom. The number of halogens is 5. The molecule has 2 aromatic rings. The standard InChI is InChI=1S/C12H9F5N2S/c1-4-3-20-12(18-4)5(2)19-11-9(16)7(14)6(13)8(15)10(11)17/h3,5,19H,1-2H3. The van der Waals surface area contributed by atoms with E-state index in [-0.39, 0.29) is 0 Å². The lowest BCUT2D eigenvalue weighted by molar-refractivity contribution is 0.381. The van der Waals surface area contributed by atoms with E-state index < -0.39 is 40.8 Å². The molecule has 1 aromatic carbocycles. The fourth-order valence-electron chi connectivity index (χ4n) is 1.58. The van der Waals surface area contributed by atoms with Crippen LogP contribution in [-0.2, 0) is 0 Å². The summed E-state index contributed by atoms with van der Waals surface area (Å²) in [5.74, 6) is -9.91. The van der Waals surface area contributed by atoms with Gasteiger partial charge in [0, 0.05) is 11.1 Å². The Morgan fingerprint density at radius 3 is 1.95 bits per heavy atom. The number of benzene rings is 1. The molecule has 0 aliphatic rings. The van der Waals surface area contributed by atoms with Gasteiger partial charge in [0.2, 0.25) is 5.82 Å². The van der Waals surface area contributed by atoms with E-state index in [1.165, 1.54) is 18.3 Å². The zero-order valence-corrected chi connectivity index (χ0v) is 11.2. The third-order valence-electron chi connectivity index (χ3n) is 2.58. The number of hydrogen-bond donors (Lipinski definition) is 1. The average molecular weight is 308 g/mol. The quantitative estimate of drug-likeness (QED) is 0.519. The van der Waals surface area contributed by atoms with Crippen molar-refractivity contribution < 1.29 is 22.0 Å². The molecule has 0 fully saturated rings. The van der Waals surface area contributed by atoms with E-state index in [0.717, 1.165) is 0 Å². The van der Waals surface area contributed by atoms with E-state index in [2.05, 4.69) is 10.3 Å². The summed E-state index contributed by atoms with van der Waals surface area (Å²) < 4.78 is 66.0. The molecule has 0 aliphatic carbocycles. The van der Waals surface area contributed by atoms with Gasteiger partial charge in [0.25, 0.3) is 0 Å². The van der Waals surface area contributed by atoms with Crippen molar-refractivity contribution in [2.24, 2.45) is 0 Å². The fraction of sp³-hybridized carbons (Fsp3) is 0.250. The van der Waals surface area contributed by atoms with E-state index >= 15 is 0 Å². The molecular formula is C12H9F5N2S. The maximum Gasteiger partial charge on any atom is 0.200 e. The molecule has 0 saturated heterocycles. The van der Waals surface area contributed by atoms with Gasteiger partial charge in [-0.3, -0.25) is 0 Å². The van der Waals surface area contributed by atoms with Crippen molar-refractivity contribution in [3.8, 4) is 0 Å². The second kappa shape index (κ2) is 5.35. The van der Waals surface area contributed by atoms with Crippen LogP contribution in [-0.4, -0.2) is 4.98 Å². The highest BCUT2D eigenvalue weighted by molar-refractivity contribution is 7.09. The van der Waals surface area contributed by atoms with Crippen LogP contribution >= 0.6 is 11.3 Å². The molecule has 1 heterocycles. The third kappa shape index (κ3) is 2.47. The topological polar surface area (TPSA) is 24.9 Å². The Hall–Kier alpha value is -1.70. The van der Waals surface area contributed by atoms with Crippen molar-refractivity contribution in [3.05, 3.63) is 45.2 Å². The van der Waals surface area contributed by atoms with Gasteiger partial charge in [-0.05, 0) is 13.8 Å². The van der Waals surface area contributed by atoms with Crippen molar-refractivity contribution in [3.63, 3.8) is 0 Å². The predicted octanol–water partition coefficient (Wildman–Crippen LogP) is 4.32. The second-order valence-corrected chi connectivity index (χ2v) is 5.03. The maximum absolute atomic E-state index is 13.5. The molecule has 0 radical (unpaired) electrons. The SMILES string of the molecule is Cc1csc(C(C)Nc2c(F)c(F)c(F)c(F)c2F)n1. The van der Waals surface area contributed by atoms with Gasteiger partial charge < -0.3 is 5.32 Å². The summed E-state index contributed by atoms with van der Waals surface area (Å²) in [6, 6.07) is -0.693. The van der Waals surface area contributed by atoms with Gasteiger partial charge in [0.15, 0.2) is 23.3 Å². The lowest BCUT2D eigenvalue weighted by Crippen LogP contribution is -2.13. The molecule has 1 unspecified atom stereocenters. The molecule has 1 N–H and O–H groups in total. The van der Waals surface area contributed by atoms with Crippen LogP contribution in [0.25, 0.3) is 0 Å². The molecule has 1 atom stereocenters. The monoisotopic (exact) mass is 308 g/mol. The molecule has 2 nitrogen and oxygen atoms in total. The minimum atomic E-state index is -2.18. The maximum atomic E-state index is 13.5. The smallest absolute Gasteiger partial charge is 0.200 e. The van der Waals surface area contributed by atoms with Crippen molar-refractivity contribution in [1.29, 1.82) is 0 Å². The van der Waals surface area contributed by atoms with Gasteiger partial charge in [-0.2, -0.15) is 0 Å². The Kier molecular flexibility index (Phi) is 3.94. The van der Waals surface area contributed by atoms with E-state index in [1.54, 1.807) is 12.3 Å². The summed E-state index contributed by atoms with van der Waals surface area (Å²) >= 11 is 1.22. The van der Waals surface area contributed by atoms with Crippen LogP contribution in [0.4, 0.5) is 27.6 Å². The molecule has 0 bridgehead atoms. The van der Waals surface area contributed by atoms with Gasteiger partial charge >= 0.3 is 0 Å². The fourth-order valence-corrected chi connectivity index (χ4v) is 2.38. The molecule has 0 saturated carbocycles. The van der Waals surface area contributed by atoms with E-state index in [4.69, 9.17) is 0 Å². The lowest BCUT2D eigenvalue weighted by atomic mass is 10.2. The first-order valence-electron chi connectivity index (χ1n) is 5.53. The Bertz CT molecular complexity index is 627. The highest BCUT2D eigenvalue weighted by Gasteiger charge is 2.27. The first-order valence-corrected chi connectivity index (χ1v) is 6.40. The van der Waals surface area contributed by atoms with Gasteiger partial charge in [-0.15, -0.1) is 11.3 Å². The third-order valence-corrected chi connectivity index (χ3v) is 3.72. The molecule has 0 aliphatic heterocycles. The number of aryl methyl sites for hydroxylation is 1. The molecule has 108 valence electrons. The zero-order chi connectivity index (χ0) is 15.0. The summed E-state index contributed by atoms with van der Waals surface area (Å²) in [5.41, 5.74) is -0.349. The van der Waals surface area contributed by atoms with Crippen molar-refractivity contribution >= 4 is 17.0 Å². The number of nitrogens with zero attached hydrogens (tertiary/aromatic N) is 1. The lowest BCUT2D eigenvalue weighted by Gasteiger charge is -2.15. The molecule has 8 heteroatoms. The number of anilines is 1. The first-order chi connectivity index (χ1) is 9.32. The minimum Gasteiger partial charge on any atom is -0.371 e. The van der Waals surface area contributed by atoms with Gasteiger partial charge in [-0.25, -0.2) is 26.9 Å². The highest BCUT2D eigenvalue weighted by Crippen LogP contribution is 2.30. The molecule has 1 aromatic heterocycles. The largest absolute Gasteiger partial charge is 0.371 e. The Labute approximate surface area is 115 Å². The number of nitrogens with one attached hydrogen (secondary N) is 1. The van der Waals surface area contributed by atoms with E-state index in [9.17, 15) is 22.0 Å². The summed E-state index contributed by atoms with van der Waals surface area (Å²) in [5, 5.41) is 4.46. The molecule has 2 rings (SSSR count). The van der Waals surface area contributed by atoms with E-state index in [1.807, 2.05) is 0 Å².